The standard InChI is InChI=1S/C14H20N4O/c1-17(2)11-4-3-7-18(9-11)14-16-12-8-10(15)5-6-13(12)19-14/h5-6,8,11H,3-4,7,9,15H2,1-2H3. The minimum atomic E-state index is 0.564. The molecule has 3 rings (SSSR count). The van der Waals surface area contributed by atoms with Crippen LogP contribution in [-0.4, -0.2) is 43.1 Å². The van der Waals surface area contributed by atoms with Gasteiger partial charge in [0.05, 0.1) is 0 Å². The first-order valence-corrected chi connectivity index (χ1v) is 6.71. The van der Waals surface area contributed by atoms with Gasteiger partial charge in [-0.3, -0.25) is 0 Å². The summed E-state index contributed by atoms with van der Waals surface area (Å²) in [7, 11) is 4.25. The second kappa shape index (κ2) is 4.74. The fourth-order valence-electron chi connectivity index (χ4n) is 2.62. The Morgan fingerprint density at radius 3 is 3.05 bits per heavy atom. The van der Waals surface area contributed by atoms with Crippen LogP contribution in [0.25, 0.3) is 11.1 Å². The van der Waals surface area contributed by atoms with Crippen LogP contribution < -0.4 is 10.6 Å². The lowest BCUT2D eigenvalue weighted by molar-refractivity contribution is 0.254. The van der Waals surface area contributed by atoms with Crippen molar-refractivity contribution in [1.82, 2.24) is 9.88 Å². The van der Waals surface area contributed by atoms with E-state index in [-0.39, 0.29) is 0 Å². The van der Waals surface area contributed by atoms with Crippen LogP contribution in [0.3, 0.4) is 0 Å². The third-order valence-corrected chi connectivity index (χ3v) is 3.80. The average Bonchev–Trinajstić information content (AvgIpc) is 2.81. The second-order valence-corrected chi connectivity index (χ2v) is 5.43. The number of oxazole rings is 1. The molecule has 1 aliphatic heterocycles. The lowest BCUT2D eigenvalue weighted by Gasteiger charge is -2.35. The van der Waals surface area contributed by atoms with Crippen molar-refractivity contribution in [3.05, 3.63) is 18.2 Å². The predicted octanol–water partition coefficient (Wildman–Crippen LogP) is 1.94. The Bertz CT molecular complexity index is 578. The molecular formula is C14H20N4O. The maximum atomic E-state index is 5.83. The fourth-order valence-corrected chi connectivity index (χ4v) is 2.62. The van der Waals surface area contributed by atoms with Crippen molar-refractivity contribution in [1.29, 1.82) is 0 Å². The van der Waals surface area contributed by atoms with E-state index in [1.165, 1.54) is 12.8 Å². The zero-order valence-electron chi connectivity index (χ0n) is 11.5. The van der Waals surface area contributed by atoms with Crippen molar-refractivity contribution < 1.29 is 4.42 Å². The Morgan fingerprint density at radius 1 is 1.42 bits per heavy atom. The van der Waals surface area contributed by atoms with E-state index < -0.39 is 0 Å². The number of likely N-dealkylation sites (N-methyl/N-ethyl adjacent to an activating group) is 1. The van der Waals surface area contributed by atoms with Gasteiger partial charge in [-0.25, -0.2) is 0 Å². The molecule has 1 atom stereocenters. The number of fused-ring (bicyclic) bond motifs is 1. The van der Waals surface area contributed by atoms with Gasteiger partial charge in [0.2, 0.25) is 0 Å². The van der Waals surface area contributed by atoms with Gasteiger partial charge in [-0.05, 0) is 45.1 Å². The van der Waals surface area contributed by atoms with Gasteiger partial charge in [0.25, 0.3) is 6.01 Å². The van der Waals surface area contributed by atoms with Crippen LogP contribution in [0.15, 0.2) is 22.6 Å². The minimum absolute atomic E-state index is 0.564. The van der Waals surface area contributed by atoms with E-state index in [4.69, 9.17) is 10.2 Å². The van der Waals surface area contributed by atoms with Crippen LogP contribution in [0.1, 0.15) is 12.8 Å². The molecule has 0 aliphatic carbocycles. The summed E-state index contributed by atoms with van der Waals surface area (Å²) >= 11 is 0. The number of benzene rings is 1. The van der Waals surface area contributed by atoms with Gasteiger partial charge in [-0.2, -0.15) is 4.98 Å². The van der Waals surface area contributed by atoms with Crippen LogP contribution in [0.4, 0.5) is 11.7 Å². The van der Waals surface area contributed by atoms with Crippen molar-refractivity contribution >= 4 is 22.8 Å². The van der Waals surface area contributed by atoms with Crippen molar-refractivity contribution in [2.24, 2.45) is 0 Å². The number of nitrogens with zero attached hydrogens (tertiary/aromatic N) is 3. The minimum Gasteiger partial charge on any atom is -0.423 e. The highest BCUT2D eigenvalue weighted by Gasteiger charge is 2.24. The summed E-state index contributed by atoms with van der Waals surface area (Å²) in [6, 6.07) is 6.86. The maximum Gasteiger partial charge on any atom is 0.298 e. The molecule has 0 saturated carbocycles. The second-order valence-electron chi connectivity index (χ2n) is 5.43. The molecule has 19 heavy (non-hydrogen) atoms. The van der Waals surface area contributed by atoms with Crippen molar-refractivity contribution in [2.75, 3.05) is 37.8 Å². The molecule has 1 unspecified atom stereocenters. The third kappa shape index (κ3) is 2.38. The van der Waals surface area contributed by atoms with Gasteiger partial charge in [-0.1, -0.05) is 0 Å². The van der Waals surface area contributed by atoms with Gasteiger partial charge in [0.1, 0.15) is 5.52 Å². The van der Waals surface area contributed by atoms with E-state index in [0.29, 0.717) is 12.1 Å². The van der Waals surface area contributed by atoms with Crippen LogP contribution in [0, 0.1) is 0 Å². The smallest absolute Gasteiger partial charge is 0.298 e. The van der Waals surface area contributed by atoms with E-state index in [1.54, 1.807) is 0 Å². The van der Waals surface area contributed by atoms with E-state index in [1.807, 2.05) is 18.2 Å². The highest BCUT2D eigenvalue weighted by Crippen LogP contribution is 2.26. The van der Waals surface area contributed by atoms with Gasteiger partial charge in [0.15, 0.2) is 5.58 Å². The lowest BCUT2D eigenvalue weighted by atomic mass is 10.1. The van der Waals surface area contributed by atoms with Gasteiger partial charge >= 0.3 is 0 Å². The highest BCUT2D eigenvalue weighted by molar-refractivity contribution is 5.78. The molecule has 0 radical (unpaired) electrons. The number of anilines is 2. The predicted molar refractivity (Wildman–Crippen MR) is 77.3 cm³/mol. The fraction of sp³-hybridized carbons (Fsp3) is 0.500. The number of aromatic nitrogens is 1. The lowest BCUT2D eigenvalue weighted by Crippen LogP contribution is -2.45. The number of rotatable bonds is 2. The summed E-state index contributed by atoms with van der Waals surface area (Å²) in [4.78, 5) is 9.05. The number of hydrogen-bond donors (Lipinski definition) is 1. The van der Waals surface area contributed by atoms with Gasteiger partial charge < -0.3 is 20.0 Å². The molecule has 2 heterocycles. The molecule has 2 N–H and O–H groups in total. The molecule has 2 aromatic rings. The molecule has 0 spiro atoms. The molecule has 102 valence electrons. The van der Waals surface area contributed by atoms with Gasteiger partial charge in [-0.15, -0.1) is 0 Å². The largest absolute Gasteiger partial charge is 0.423 e. The summed E-state index contributed by atoms with van der Waals surface area (Å²) in [6.07, 6.45) is 2.40. The van der Waals surface area contributed by atoms with Crippen molar-refractivity contribution in [2.45, 2.75) is 18.9 Å². The number of nitrogen functional groups attached to an aromatic ring is 1. The van der Waals surface area contributed by atoms with Crippen molar-refractivity contribution in [3.8, 4) is 0 Å². The zero-order valence-corrected chi connectivity index (χ0v) is 11.5. The first kappa shape index (κ1) is 12.3. The highest BCUT2D eigenvalue weighted by atomic mass is 16.4. The Morgan fingerprint density at radius 2 is 2.26 bits per heavy atom. The quantitative estimate of drug-likeness (QED) is 0.836. The Hall–Kier alpha value is -1.75. The molecule has 1 saturated heterocycles. The molecule has 5 nitrogen and oxygen atoms in total. The Kier molecular flexibility index (Phi) is 3.06. The summed E-state index contributed by atoms with van der Waals surface area (Å²) in [6.45, 7) is 1.97. The Labute approximate surface area is 113 Å². The summed E-state index contributed by atoms with van der Waals surface area (Å²) < 4.78 is 5.83. The number of hydrogen-bond acceptors (Lipinski definition) is 5. The van der Waals surface area contributed by atoms with Crippen LogP contribution in [0.2, 0.25) is 0 Å². The molecule has 1 aromatic heterocycles. The zero-order chi connectivity index (χ0) is 13.4. The normalized spacial score (nSPS) is 20.4. The van der Waals surface area contributed by atoms with Crippen molar-refractivity contribution in [3.63, 3.8) is 0 Å². The number of piperidine rings is 1. The van der Waals surface area contributed by atoms with Crippen LogP contribution in [0.5, 0.6) is 0 Å². The average molecular weight is 260 g/mol. The van der Waals surface area contributed by atoms with Crippen LogP contribution in [-0.2, 0) is 0 Å². The molecule has 1 aliphatic rings. The molecule has 0 amide bonds. The molecule has 0 bridgehead atoms. The SMILES string of the molecule is CN(C)C1CCCN(c2nc3cc(N)ccc3o2)C1. The van der Waals surface area contributed by atoms with Crippen LogP contribution >= 0.6 is 0 Å². The maximum absolute atomic E-state index is 5.83. The van der Waals surface area contributed by atoms with E-state index >= 15 is 0 Å². The van der Waals surface area contributed by atoms with Gasteiger partial charge in [0, 0.05) is 24.8 Å². The monoisotopic (exact) mass is 260 g/mol. The number of nitrogens with two attached hydrogens (primary N) is 1. The van der Waals surface area contributed by atoms with E-state index in [0.717, 1.165) is 29.9 Å². The first-order chi connectivity index (χ1) is 9.13. The first-order valence-electron chi connectivity index (χ1n) is 6.71. The topological polar surface area (TPSA) is 58.5 Å². The van der Waals surface area contributed by atoms with E-state index in [2.05, 4.69) is 28.9 Å². The molecule has 1 aromatic carbocycles. The molecule has 1 fully saturated rings. The summed E-state index contributed by atoms with van der Waals surface area (Å²) in [5.41, 5.74) is 8.13. The third-order valence-electron chi connectivity index (χ3n) is 3.80. The summed E-state index contributed by atoms with van der Waals surface area (Å²) in [5, 5.41) is 0. The molecule has 5 heteroatoms. The Balaban J connectivity index is 1.87. The molecular weight excluding hydrogens is 240 g/mol. The summed E-state index contributed by atoms with van der Waals surface area (Å²) in [5.74, 6) is 0. The van der Waals surface area contributed by atoms with E-state index in [9.17, 15) is 0 Å².